The molecule has 6 nitrogen and oxygen atoms in total. The van der Waals surface area contributed by atoms with Gasteiger partial charge in [-0.15, -0.1) is 11.3 Å². The molecule has 4 heterocycles. The Kier molecular flexibility index (Phi) is 5.21. The lowest BCUT2D eigenvalue weighted by atomic mass is 10.1. The van der Waals surface area contributed by atoms with Crippen LogP contribution >= 0.6 is 11.3 Å². The predicted molar refractivity (Wildman–Crippen MR) is 119 cm³/mol. The van der Waals surface area contributed by atoms with Crippen LogP contribution in [0.1, 0.15) is 35.0 Å². The second-order valence-corrected chi connectivity index (χ2v) is 8.89. The molecular weight excluding hydrogens is 396 g/mol. The van der Waals surface area contributed by atoms with Crippen molar-refractivity contribution in [3.05, 3.63) is 65.1 Å². The number of thiazole rings is 1. The van der Waals surface area contributed by atoms with Crippen LogP contribution < -0.4 is 9.80 Å². The van der Waals surface area contributed by atoms with Gasteiger partial charge >= 0.3 is 0 Å². The summed E-state index contributed by atoms with van der Waals surface area (Å²) in [5, 5.41) is 3.04. The molecule has 2 aliphatic heterocycles. The highest BCUT2D eigenvalue weighted by Gasteiger charge is 2.29. The van der Waals surface area contributed by atoms with Crippen molar-refractivity contribution in [2.45, 2.75) is 32.4 Å². The van der Waals surface area contributed by atoms with E-state index in [1.54, 1.807) is 17.6 Å². The Bertz CT molecular complexity index is 1020. The SMILES string of the molecule is CC1Cc2ccccc2N1Cc1occc1C(=O)N1CCCN(c2nccs2)CC1. The van der Waals surface area contributed by atoms with E-state index in [0.29, 0.717) is 24.7 Å². The quantitative estimate of drug-likeness (QED) is 0.635. The van der Waals surface area contributed by atoms with Gasteiger partial charge in [-0.25, -0.2) is 4.98 Å². The topological polar surface area (TPSA) is 52.8 Å². The zero-order valence-electron chi connectivity index (χ0n) is 17.2. The van der Waals surface area contributed by atoms with E-state index in [2.05, 4.69) is 46.0 Å². The molecule has 2 aromatic heterocycles. The maximum atomic E-state index is 13.3. The third-order valence-electron chi connectivity index (χ3n) is 6.11. The molecule has 0 N–H and O–H groups in total. The van der Waals surface area contributed by atoms with Crippen LogP contribution in [0.2, 0.25) is 0 Å². The fourth-order valence-corrected chi connectivity index (χ4v) is 5.23. The Labute approximate surface area is 180 Å². The van der Waals surface area contributed by atoms with Crippen LogP contribution in [0.5, 0.6) is 0 Å². The van der Waals surface area contributed by atoms with Crippen molar-refractivity contribution in [2.24, 2.45) is 0 Å². The van der Waals surface area contributed by atoms with Crippen molar-refractivity contribution in [3.63, 3.8) is 0 Å². The van der Waals surface area contributed by atoms with Gasteiger partial charge in [-0.1, -0.05) is 18.2 Å². The Morgan fingerprint density at radius 2 is 2.10 bits per heavy atom. The van der Waals surface area contributed by atoms with E-state index in [0.717, 1.165) is 43.4 Å². The van der Waals surface area contributed by atoms with Crippen LogP contribution in [-0.4, -0.2) is 48.0 Å². The van der Waals surface area contributed by atoms with Gasteiger partial charge in [-0.05, 0) is 37.5 Å². The van der Waals surface area contributed by atoms with E-state index >= 15 is 0 Å². The minimum atomic E-state index is 0.0693. The summed E-state index contributed by atoms with van der Waals surface area (Å²) >= 11 is 1.65. The summed E-state index contributed by atoms with van der Waals surface area (Å²) in [6, 6.07) is 10.7. The molecule has 1 atom stereocenters. The van der Waals surface area contributed by atoms with E-state index in [1.165, 1.54) is 11.3 Å². The molecule has 1 amide bonds. The number of furan rings is 1. The number of hydrogen-bond acceptors (Lipinski definition) is 6. The number of para-hydroxylation sites is 1. The molecule has 30 heavy (non-hydrogen) atoms. The number of nitrogens with zero attached hydrogens (tertiary/aromatic N) is 4. The van der Waals surface area contributed by atoms with Gasteiger partial charge in [0.1, 0.15) is 5.76 Å². The molecule has 1 aromatic carbocycles. The Balaban J connectivity index is 1.30. The van der Waals surface area contributed by atoms with Crippen molar-refractivity contribution in [1.82, 2.24) is 9.88 Å². The molecule has 3 aromatic rings. The molecule has 7 heteroatoms. The first-order valence-electron chi connectivity index (χ1n) is 10.6. The minimum Gasteiger partial charge on any atom is -0.467 e. The van der Waals surface area contributed by atoms with Gasteiger partial charge in [-0.2, -0.15) is 0 Å². The highest BCUT2D eigenvalue weighted by molar-refractivity contribution is 7.13. The number of benzene rings is 1. The molecule has 0 radical (unpaired) electrons. The van der Waals surface area contributed by atoms with Gasteiger partial charge in [0.25, 0.3) is 5.91 Å². The maximum Gasteiger partial charge on any atom is 0.257 e. The summed E-state index contributed by atoms with van der Waals surface area (Å²) in [4.78, 5) is 24.3. The van der Waals surface area contributed by atoms with Crippen molar-refractivity contribution >= 4 is 28.1 Å². The zero-order valence-corrected chi connectivity index (χ0v) is 18.0. The first kappa shape index (κ1) is 19.2. The number of anilines is 2. The van der Waals surface area contributed by atoms with Crippen molar-refractivity contribution < 1.29 is 9.21 Å². The number of aromatic nitrogens is 1. The van der Waals surface area contributed by atoms with Crippen LogP contribution in [0, 0.1) is 0 Å². The molecule has 156 valence electrons. The molecule has 0 saturated carbocycles. The molecule has 5 rings (SSSR count). The average Bonchev–Trinajstić information content (AvgIpc) is 3.47. The molecule has 0 bridgehead atoms. The molecular formula is C23H26N4O2S. The Hall–Kier alpha value is -2.80. The summed E-state index contributed by atoms with van der Waals surface area (Å²) in [6.45, 7) is 6.04. The predicted octanol–water partition coefficient (Wildman–Crippen LogP) is 4.04. The highest BCUT2D eigenvalue weighted by atomic mass is 32.1. The first-order valence-corrected chi connectivity index (χ1v) is 11.4. The van der Waals surface area contributed by atoms with Gasteiger partial charge in [0, 0.05) is 49.5 Å². The molecule has 2 aliphatic rings. The van der Waals surface area contributed by atoms with Crippen LogP contribution in [-0.2, 0) is 13.0 Å². The summed E-state index contributed by atoms with van der Waals surface area (Å²) in [5.74, 6) is 0.824. The normalized spacial score (nSPS) is 19.1. The number of hydrogen-bond donors (Lipinski definition) is 0. The average molecular weight is 423 g/mol. The third-order valence-corrected chi connectivity index (χ3v) is 6.94. The maximum absolute atomic E-state index is 13.3. The second kappa shape index (κ2) is 8.14. The van der Waals surface area contributed by atoms with Crippen molar-refractivity contribution in [1.29, 1.82) is 0 Å². The number of amides is 1. The van der Waals surface area contributed by atoms with Gasteiger partial charge in [-0.3, -0.25) is 4.79 Å². The largest absolute Gasteiger partial charge is 0.467 e. The standard InChI is InChI=1S/C23H26N4O2S/c1-17-15-18-5-2-3-6-20(18)27(17)16-21-19(7-13-29-21)22(28)25-9-4-10-26(12-11-25)23-24-8-14-30-23/h2-3,5-8,13-14,17H,4,9-12,15-16H2,1H3. The number of carbonyl (C=O) groups excluding carboxylic acids is 1. The van der Waals surface area contributed by atoms with E-state index in [-0.39, 0.29) is 5.91 Å². The monoisotopic (exact) mass is 422 g/mol. The van der Waals surface area contributed by atoms with Gasteiger partial charge in [0.05, 0.1) is 18.4 Å². The summed E-state index contributed by atoms with van der Waals surface area (Å²) in [7, 11) is 0. The zero-order chi connectivity index (χ0) is 20.5. The second-order valence-electron chi connectivity index (χ2n) is 8.01. The van der Waals surface area contributed by atoms with E-state index in [1.807, 2.05) is 22.5 Å². The van der Waals surface area contributed by atoms with Gasteiger partial charge < -0.3 is 19.1 Å². The lowest BCUT2D eigenvalue weighted by molar-refractivity contribution is 0.0764. The Morgan fingerprint density at radius 1 is 1.20 bits per heavy atom. The molecule has 1 unspecified atom stereocenters. The summed E-state index contributed by atoms with van der Waals surface area (Å²) in [5.41, 5.74) is 3.29. The molecule has 1 saturated heterocycles. The minimum absolute atomic E-state index is 0.0693. The van der Waals surface area contributed by atoms with Gasteiger partial charge in [0.2, 0.25) is 0 Å². The Morgan fingerprint density at radius 3 is 2.97 bits per heavy atom. The fraction of sp³-hybridized carbons (Fsp3) is 0.391. The molecule has 0 spiro atoms. The smallest absolute Gasteiger partial charge is 0.257 e. The highest BCUT2D eigenvalue weighted by Crippen LogP contribution is 2.33. The molecule has 0 aliphatic carbocycles. The van der Waals surface area contributed by atoms with Crippen molar-refractivity contribution in [2.75, 3.05) is 36.0 Å². The number of carbonyl (C=O) groups is 1. The van der Waals surface area contributed by atoms with Crippen LogP contribution in [0.25, 0.3) is 0 Å². The molecule has 1 fully saturated rings. The first-order chi connectivity index (χ1) is 14.7. The van der Waals surface area contributed by atoms with Crippen LogP contribution in [0.3, 0.4) is 0 Å². The van der Waals surface area contributed by atoms with Gasteiger partial charge in [0.15, 0.2) is 5.13 Å². The fourth-order valence-electron chi connectivity index (χ4n) is 4.53. The third kappa shape index (κ3) is 3.58. The lowest BCUT2D eigenvalue weighted by Crippen LogP contribution is -2.36. The number of fused-ring (bicyclic) bond motifs is 1. The van der Waals surface area contributed by atoms with E-state index in [4.69, 9.17) is 4.42 Å². The van der Waals surface area contributed by atoms with E-state index in [9.17, 15) is 4.79 Å². The summed E-state index contributed by atoms with van der Waals surface area (Å²) < 4.78 is 5.81. The number of rotatable bonds is 4. The van der Waals surface area contributed by atoms with Crippen molar-refractivity contribution in [3.8, 4) is 0 Å². The van der Waals surface area contributed by atoms with Crippen LogP contribution in [0.4, 0.5) is 10.8 Å². The van der Waals surface area contributed by atoms with Crippen LogP contribution in [0.15, 0.2) is 52.6 Å². The van der Waals surface area contributed by atoms with E-state index < -0.39 is 0 Å². The lowest BCUT2D eigenvalue weighted by Gasteiger charge is -2.25. The summed E-state index contributed by atoms with van der Waals surface area (Å²) in [6.07, 6.45) is 5.45.